The first-order chi connectivity index (χ1) is 11.6. The molecule has 0 amide bonds. The highest BCUT2D eigenvalue weighted by Gasteiger charge is 2.30. The van der Waals surface area contributed by atoms with Gasteiger partial charge in [-0.15, -0.1) is 0 Å². The first-order valence-electron chi connectivity index (χ1n) is 8.22. The zero-order valence-corrected chi connectivity index (χ0v) is 16.4. The maximum Gasteiger partial charge on any atom is 0.243 e. The second kappa shape index (κ2) is 7.10. The Bertz CT molecular complexity index is 917. The molecule has 0 fully saturated rings. The molecule has 2 rings (SSSR count). The molecule has 25 heavy (non-hydrogen) atoms. The number of benzene rings is 2. The third-order valence-electron chi connectivity index (χ3n) is 4.87. The van der Waals surface area contributed by atoms with Crippen molar-refractivity contribution in [2.75, 3.05) is 7.05 Å². The van der Waals surface area contributed by atoms with Gasteiger partial charge in [0.15, 0.2) is 5.78 Å². The van der Waals surface area contributed by atoms with Gasteiger partial charge in [0.05, 0.1) is 10.9 Å². The third kappa shape index (κ3) is 3.83. The van der Waals surface area contributed by atoms with E-state index in [4.69, 9.17) is 0 Å². The van der Waals surface area contributed by atoms with Gasteiger partial charge < -0.3 is 0 Å². The molecular formula is C20H25NO3S. The largest absolute Gasteiger partial charge is 0.292 e. The Kier molecular flexibility index (Phi) is 5.49. The molecule has 1 atom stereocenters. The summed E-state index contributed by atoms with van der Waals surface area (Å²) >= 11 is 0. The van der Waals surface area contributed by atoms with E-state index in [1.54, 1.807) is 31.2 Å². The van der Waals surface area contributed by atoms with Crippen LogP contribution >= 0.6 is 0 Å². The number of likely N-dealkylation sites (N-methyl/N-ethyl adjacent to an activating group) is 1. The van der Waals surface area contributed by atoms with Crippen LogP contribution in [0, 0.1) is 27.7 Å². The summed E-state index contributed by atoms with van der Waals surface area (Å²) in [4.78, 5) is 12.9. The fourth-order valence-electron chi connectivity index (χ4n) is 2.55. The van der Waals surface area contributed by atoms with Crippen LogP contribution in [0.15, 0.2) is 41.3 Å². The fourth-order valence-corrected chi connectivity index (χ4v) is 3.96. The van der Waals surface area contributed by atoms with Gasteiger partial charge in [0.1, 0.15) is 0 Å². The number of aryl methyl sites for hydroxylation is 4. The molecule has 0 aliphatic rings. The summed E-state index contributed by atoms with van der Waals surface area (Å²) in [6.45, 7) is 9.34. The summed E-state index contributed by atoms with van der Waals surface area (Å²) in [7, 11) is -2.28. The Morgan fingerprint density at radius 1 is 0.880 bits per heavy atom. The van der Waals surface area contributed by atoms with E-state index in [9.17, 15) is 13.2 Å². The fraction of sp³-hybridized carbons (Fsp3) is 0.350. The molecule has 0 bridgehead atoms. The first kappa shape index (κ1) is 19.3. The van der Waals surface area contributed by atoms with Crippen molar-refractivity contribution in [1.82, 2.24) is 4.31 Å². The van der Waals surface area contributed by atoms with Gasteiger partial charge in [0.25, 0.3) is 0 Å². The van der Waals surface area contributed by atoms with Crippen molar-refractivity contribution in [2.24, 2.45) is 0 Å². The van der Waals surface area contributed by atoms with Crippen LogP contribution < -0.4 is 0 Å². The highest BCUT2D eigenvalue weighted by Crippen LogP contribution is 2.21. The Balaban J connectivity index is 2.33. The lowest BCUT2D eigenvalue weighted by Crippen LogP contribution is -2.40. The van der Waals surface area contributed by atoms with Crippen LogP contribution in [0.2, 0.25) is 0 Å². The van der Waals surface area contributed by atoms with Crippen LogP contribution in [0.5, 0.6) is 0 Å². The molecule has 0 N–H and O–H groups in total. The molecule has 0 saturated carbocycles. The zero-order chi connectivity index (χ0) is 18.9. The average molecular weight is 359 g/mol. The molecule has 0 aliphatic carbocycles. The van der Waals surface area contributed by atoms with E-state index < -0.39 is 16.1 Å². The Morgan fingerprint density at radius 2 is 1.40 bits per heavy atom. The lowest BCUT2D eigenvalue weighted by atomic mass is 10.0. The minimum absolute atomic E-state index is 0.206. The predicted molar refractivity (Wildman–Crippen MR) is 101 cm³/mol. The van der Waals surface area contributed by atoms with E-state index in [1.807, 2.05) is 39.8 Å². The summed E-state index contributed by atoms with van der Waals surface area (Å²) in [6.07, 6.45) is 0. The van der Waals surface area contributed by atoms with Crippen LogP contribution in [0.3, 0.4) is 0 Å². The zero-order valence-electron chi connectivity index (χ0n) is 15.6. The van der Waals surface area contributed by atoms with Crippen molar-refractivity contribution in [3.63, 3.8) is 0 Å². The molecule has 134 valence electrons. The van der Waals surface area contributed by atoms with Gasteiger partial charge in [-0.25, -0.2) is 8.42 Å². The smallest absolute Gasteiger partial charge is 0.243 e. The Morgan fingerprint density at radius 3 is 1.92 bits per heavy atom. The minimum Gasteiger partial charge on any atom is -0.292 e. The van der Waals surface area contributed by atoms with Crippen molar-refractivity contribution >= 4 is 15.8 Å². The topological polar surface area (TPSA) is 54.5 Å². The van der Waals surface area contributed by atoms with Gasteiger partial charge in [-0.05, 0) is 75.1 Å². The number of carbonyl (C=O) groups is 1. The van der Waals surface area contributed by atoms with Gasteiger partial charge in [0, 0.05) is 12.6 Å². The Labute approximate surface area is 150 Å². The van der Waals surface area contributed by atoms with Crippen molar-refractivity contribution in [2.45, 2.75) is 45.6 Å². The molecule has 0 spiro atoms. The van der Waals surface area contributed by atoms with Gasteiger partial charge >= 0.3 is 0 Å². The quantitative estimate of drug-likeness (QED) is 0.763. The Hall–Kier alpha value is -1.98. The van der Waals surface area contributed by atoms with Gasteiger partial charge in [0.2, 0.25) is 10.0 Å². The van der Waals surface area contributed by atoms with E-state index in [-0.39, 0.29) is 10.7 Å². The van der Waals surface area contributed by atoms with Crippen LogP contribution in [0.1, 0.15) is 39.5 Å². The van der Waals surface area contributed by atoms with Gasteiger partial charge in [-0.1, -0.05) is 18.2 Å². The monoisotopic (exact) mass is 359 g/mol. The summed E-state index contributed by atoms with van der Waals surface area (Å²) in [5, 5.41) is 0. The molecular weight excluding hydrogens is 334 g/mol. The van der Waals surface area contributed by atoms with Gasteiger partial charge in [-0.3, -0.25) is 4.79 Å². The second-order valence-corrected chi connectivity index (χ2v) is 8.60. The maximum absolute atomic E-state index is 12.9. The SMILES string of the molecule is Cc1ccc(C(=O)C(C)N(C)S(=O)(=O)c2ccc(C)c(C)c2)cc1C. The molecule has 0 aromatic heterocycles. The number of nitrogens with zero attached hydrogens (tertiary/aromatic N) is 1. The average Bonchev–Trinajstić information content (AvgIpc) is 2.57. The van der Waals surface area contributed by atoms with Crippen LogP contribution in [0.4, 0.5) is 0 Å². The molecule has 0 saturated heterocycles. The van der Waals surface area contributed by atoms with E-state index in [0.717, 1.165) is 26.6 Å². The number of Topliss-reactive ketones (excluding diaryl/α,β-unsaturated/α-hetero) is 1. The number of carbonyl (C=O) groups excluding carboxylic acids is 1. The van der Waals surface area contributed by atoms with Crippen molar-refractivity contribution < 1.29 is 13.2 Å². The van der Waals surface area contributed by atoms with Crippen molar-refractivity contribution in [3.05, 3.63) is 64.2 Å². The number of rotatable bonds is 5. The second-order valence-electron chi connectivity index (χ2n) is 6.61. The number of hydrogen-bond acceptors (Lipinski definition) is 3. The molecule has 5 heteroatoms. The summed E-state index contributed by atoms with van der Waals surface area (Å²) < 4.78 is 26.9. The normalized spacial score (nSPS) is 13.1. The van der Waals surface area contributed by atoms with Crippen LogP contribution in [-0.2, 0) is 10.0 Å². The summed E-state index contributed by atoms with van der Waals surface area (Å²) in [5.74, 6) is -0.210. The molecule has 2 aromatic carbocycles. The van der Waals surface area contributed by atoms with E-state index in [1.165, 1.54) is 7.05 Å². The molecule has 1 unspecified atom stereocenters. The number of hydrogen-bond donors (Lipinski definition) is 0. The van der Waals surface area contributed by atoms with E-state index >= 15 is 0 Å². The number of sulfonamides is 1. The highest BCUT2D eigenvalue weighted by molar-refractivity contribution is 7.89. The molecule has 0 heterocycles. The van der Waals surface area contributed by atoms with Crippen LogP contribution in [-0.4, -0.2) is 31.6 Å². The van der Waals surface area contributed by atoms with E-state index in [0.29, 0.717) is 5.56 Å². The summed E-state index contributed by atoms with van der Waals surface area (Å²) in [6, 6.07) is 9.67. The molecule has 4 nitrogen and oxygen atoms in total. The highest BCUT2D eigenvalue weighted by atomic mass is 32.2. The predicted octanol–water partition coefficient (Wildman–Crippen LogP) is 3.81. The molecule has 0 aliphatic heterocycles. The third-order valence-corrected chi connectivity index (χ3v) is 6.80. The standard InChI is InChI=1S/C20H25NO3S/c1-13-7-9-18(11-15(13)3)20(22)17(5)21(6)25(23,24)19-10-8-14(2)16(4)12-19/h7-12,17H,1-6H3. The minimum atomic E-state index is -3.74. The van der Waals surface area contributed by atoms with Crippen LogP contribution in [0.25, 0.3) is 0 Å². The lowest BCUT2D eigenvalue weighted by molar-refractivity contribution is 0.0919. The van der Waals surface area contributed by atoms with Crippen molar-refractivity contribution in [1.29, 1.82) is 0 Å². The molecule has 2 aromatic rings. The summed E-state index contributed by atoms with van der Waals surface area (Å²) in [5.41, 5.74) is 4.57. The molecule has 0 radical (unpaired) electrons. The van der Waals surface area contributed by atoms with Crippen molar-refractivity contribution in [3.8, 4) is 0 Å². The first-order valence-corrected chi connectivity index (χ1v) is 9.66. The lowest BCUT2D eigenvalue weighted by Gasteiger charge is -2.24. The number of ketones is 1. The van der Waals surface area contributed by atoms with E-state index in [2.05, 4.69) is 0 Å². The van der Waals surface area contributed by atoms with Gasteiger partial charge in [-0.2, -0.15) is 4.31 Å². The maximum atomic E-state index is 12.9.